The van der Waals surface area contributed by atoms with Crippen molar-refractivity contribution in [3.63, 3.8) is 0 Å². The molecule has 1 N–H and O–H groups in total. The zero-order valence-corrected chi connectivity index (χ0v) is 8.49. The first-order chi connectivity index (χ1) is 6.50. The van der Waals surface area contributed by atoms with Crippen LogP contribution in [-0.4, -0.2) is 35.0 Å². The zero-order valence-electron chi connectivity index (χ0n) is 8.49. The van der Waals surface area contributed by atoms with E-state index in [1.807, 2.05) is 6.92 Å². The van der Waals surface area contributed by atoms with E-state index in [4.69, 9.17) is 5.11 Å². The smallest absolute Gasteiger partial charge is 0.331 e. The Labute approximate surface area is 83.2 Å². The quantitative estimate of drug-likeness (QED) is 0.683. The lowest BCUT2D eigenvalue weighted by molar-refractivity contribution is -0.133. The van der Waals surface area contributed by atoms with Crippen LogP contribution >= 0.6 is 0 Å². The van der Waals surface area contributed by atoms with Crippen LogP contribution in [0.2, 0.25) is 0 Å². The molecule has 0 aromatic carbocycles. The van der Waals surface area contributed by atoms with Gasteiger partial charge in [-0.3, -0.25) is 4.79 Å². The molecule has 1 rings (SSSR count). The van der Waals surface area contributed by atoms with Gasteiger partial charge in [-0.15, -0.1) is 0 Å². The van der Waals surface area contributed by atoms with Gasteiger partial charge in [-0.05, 0) is 12.8 Å². The van der Waals surface area contributed by atoms with Gasteiger partial charge >= 0.3 is 5.97 Å². The van der Waals surface area contributed by atoms with E-state index >= 15 is 0 Å². The summed E-state index contributed by atoms with van der Waals surface area (Å²) >= 11 is 0. The first-order valence-electron chi connectivity index (χ1n) is 4.68. The first kappa shape index (κ1) is 10.8. The van der Waals surface area contributed by atoms with Crippen molar-refractivity contribution in [3.8, 4) is 0 Å². The van der Waals surface area contributed by atoms with E-state index in [1.54, 1.807) is 11.0 Å². The van der Waals surface area contributed by atoms with E-state index in [-0.39, 0.29) is 11.5 Å². The fourth-order valence-corrected chi connectivity index (χ4v) is 1.48. The van der Waals surface area contributed by atoms with Crippen LogP contribution in [0.3, 0.4) is 0 Å². The molecule has 1 aliphatic heterocycles. The number of carboxylic acid groups (broad SMARTS) is 1. The number of carboxylic acids is 1. The van der Waals surface area contributed by atoms with Crippen molar-refractivity contribution < 1.29 is 14.7 Å². The lowest BCUT2D eigenvalue weighted by atomic mass is 10.2. The average molecular weight is 197 g/mol. The maximum absolute atomic E-state index is 11.3. The van der Waals surface area contributed by atoms with Crippen molar-refractivity contribution in [2.75, 3.05) is 13.1 Å². The zero-order chi connectivity index (χ0) is 10.7. The summed E-state index contributed by atoms with van der Waals surface area (Å²) in [5, 5.41) is 8.60. The van der Waals surface area contributed by atoms with Crippen molar-refractivity contribution in [2.45, 2.75) is 20.3 Å². The van der Waals surface area contributed by atoms with Crippen molar-refractivity contribution in [2.24, 2.45) is 5.92 Å². The van der Waals surface area contributed by atoms with Gasteiger partial charge < -0.3 is 10.0 Å². The number of hydrogen-bond acceptors (Lipinski definition) is 2. The molecule has 0 spiro atoms. The van der Waals surface area contributed by atoms with Crippen LogP contribution < -0.4 is 0 Å². The molecule has 1 atom stereocenters. The monoisotopic (exact) mass is 197 g/mol. The minimum absolute atomic E-state index is 0.118. The van der Waals surface area contributed by atoms with E-state index < -0.39 is 5.97 Å². The molecular formula is C10H15NO3. The van der Waals surface area contributed by atoms with Crippen LogP contribution in [0.15, 0.2) is 11.6 Å². The highest BCUT2D eigenvalue weighted by Gasteiger charge is 2.25. The molecule has 0 radical (unpaired) electrons. The molecule has 14 heavy (non-hydrogen) atoms. The fourth-order valence-electron chi connectivity index (χ4n) is 1.48. The molecule has 1 fully saturated rings. The maximum Gasteiger partial charge on any atom is 0.331 e. The Kier molecular flexibility index (Phi) is 3.28. The summed E-state index contributed by atoms with van der Waals surface area (Å²) < 4.78 is 0. The lowest BCUT2D eigenvalue weighted by Gasteiger charge is -2.13. The number of hydrogen-bond donors (Lipinski definition) is 1. The van der Waals surface area contributed by atoms with E-state index in [2.05, 4.69) is 0 Å². The molecule has 4 heteroatoms. The lowest BCUT2D eigenvalue weighted by Crippen LogP contribution is -2.25. The van der Waals surface area contributed by atoms with E-state index in [0.717, 1.165) is 6.54 Å². The predicted octanol–water partition coefficient (Wildman–Crippen LogP) is 0.886. The number of amides is 1. The van der Waals surface area contributed by atoms with Crippen molar-refractivity contribution in [1.82, 2.24) is 4.90 Å². The third-order valence-corrected chi connectivity index (χ3v) is 2.36. The number of carbonyl (C=O) groups is 2. The highest BCUT2D eigenvalue weighted by atomic mass is 16.4. The summed E-state index contributed by atoms with van der Waals surface area (Å²) in [6.45, 7) is 4.71. The standard InChI is InChI=1S/C10H15NO3/c1-7-5-9(12)11(6-7)4-3-8(2)10(13)14/h3,7H,4-6H2,1-2H3,(H,13,14). The summed E-state index contributed by atoms with van der Waals surface area (Å²) in [4.78, 5) is 23.5. The Morgan fingerprint density at radius 1 is 1.71 bits per heavy atom. The van der Waals surface area contributed by atoms with Gasteiger partial charge in [-0.1, -0.05) is 13.0 Å². The molecule has 1 amide bonds. The van der Waals surface area contributed by atoms with Gasteiger partial charge in [0.05, 0.1) is 0 Å². The Bertz CT molecular complexity index is 283. The SMILES string of the molecule is CC(=CCN1CC(C)CC1=O)C(=O)O. The van der Waals surface area contributed by atoms with Gasteiger partial charge in [0.15, 0.2) is 0 Å². The van der Waals surface area contributed by atoms with Crippen LogP contribution in [0.1, 0.15) is 20.3 Å². The molecule has 0 bridgehead atoms. The minimum Gasteiger partial charge on any atom is -0.478 e. The molecule has 78 valence electrons. The third kappa shape index (κ3) is 2.58. The number of likely N-dealkylation sites (tertiary alicyclic amines) is 1. The van der Waals surface area contributed by atoms with E-state index in [9.17, 15) is 9.59 Å². The number of carbonyl (C=O) groups excluding carboxylic acids is 1. The highest BCUT2D eigenvalue weighted by molar-refractivity contribution is 5.86. The normalized spacial score (nSPS) is 23.0. The molecular weight excluding hydrogens is 182 g/mol. The minimum atomic E-state index is -0.926. The third-order valence-electron chi connectivity index (χ3n) is 2.36. The van der Waals surface area contributed by atoms with Crippen LogP contribution in [0.25, 0.3) is 0 Å². The second-order valence-electron chi connectivity index (χ2n) is 3.80. The average Bonchev–Trinajstić information content (AvgIpc) is 2.40. The Balaban J connectivity index is 2.50. The molecule has 1 unspecified atom stereocenters. The highest BCUT2D eigenvalue weighted by Crippen LogP contribution is 2.16. The van der Waals surface area contributed by atoms with Crippen molar-refractivity contribution in [3.05, 3.63) is 11.6 Å². The van der Waals surface area contributed by atoms with E-state index in [0.29, 0.717) is 18.9 Å². The molecule has 0 aromatic rings. The van der Waals surface area contributed by atoms with Crippen molar-refractivity contribution >= 4 is 11.9 Å². The molecule has 4 nitrogen and oxygen atoms in total. The second kappa shape index (κ2) is 4.26. The molecule has 1 heterocycles. The summed E-state index contributed by atoms with van der Waals surface area (Å²) in [6, 6.07) is 0. The summed E-state index contributed by atoms with van der Waals surface area (Å²) in [6.07, 6.45) is 2.16. The molecule has 0 aliphatic carbocycles. The summed E-state index contributed by atoms with van der Waals surface area (Å²) in [5.74, 6) is -0.419. The van der Waals surface area contributed by atoms with Crippen molar-refractivity contribution in [1.29, 1.82) is 0 Å². The van der Waals surface area contributed by atoms with Crippen LogP contribution in [-0.2, 0) is 9.59 Å². The summed E-state index contributed by atoms with van der Waals surface area (Å²) in [5.41, 5.74) is 0.289. The van der Waals surface area contributed by atoms with E-state index in [1.165, 1.54) is 6.92 Å². The molecule has 0 aromatic heterocycles. The topological polar surface area (TPSA) is 57.6 Å². The number of rotatable bonds is 3. The van der Waals surface area contributed by atoms with Crippen LogP contribution in [0.4, 0.5) is 0 Å². The van der Waals surface area contributed by atoms with Crippen LogP contribution in [0.5, 0.6) is 0 Å². The van der Waals surface area contributed by atoms with Crippen LogP contribution in [0, 0.1) is 5.92 Å². The van der Waals surface area contributed by atoms with Gasteiger partial charge in [-0.2, -0.15) is 0 Å². The maximum atomic E-state index is 11.3. The molecule has 1 aliphatic rings. The second-order valence-corrected chi connectivity index (χ2v) is 3.80. The molecule has 0 saturated carbocycles. The fraction of sp³-hybridized carbons (Fsp3) is 0.600. The summed E-state index contributed by atoms with van der Waals surface area (Å²) in [7, 11) is 0. The van der Waals surface area contributed by atoms with Gasteiger partial charge in [0.25, 0.3) is 0 Å². The number of aliphatic carboxylic acids is 1. The van der Waals surface area contributed by atoms with Gasteiger partial charge in [0.2, 0.25) is 5.91 Å². The Hall–Kier alpha value is -1.32. The first-order valence-corrected chi connectivity index (χ1v) is 4.68. The predicted molar refractivity (Wildman–Crippen MR) is 51.8 cm³/mol. The van der Waals surface area contributed by atoms with Gasteiger partial charge in [-0.25, -0.2) is 4.79 Å². The number of nitrogens with zero attached hydrogens (tertiary/aromatic N) is 1. The van der Waals surface area contributed by atoms with Gasteiger partial charge in [0.1, 0.15) is 0 Å². The Morgan fingerprint density at radius 3 is 2.79 bits per heavy atom. The van der Waals surface area contributed by atoms with Gasteiger partial charge in [0, 0.05) is 25.1 Å². The molecule has 1 saturated heterocycles. The largest absolute Gasteiger partial charge is 0.478 e. The Morgan fingerprint density at radius 2 is 2.36 bits per heavy atom.